The van der Waals surface area contributed by atoms with Gasteiger partial charge in [0.15, 0.2) is 5.69 Å². The molecule has 0 aliphatic heterocycles. The topological polar surface area (TPSA) is 101 Å². The Morgan fingerprint density at radius 1 is 0.853 bits per heavy atom. The Hall–Kier alpha value is -4.10. The SMILES string of the molecule is Nc1c(N(Cc2ccccc2)C(=O)Cc2ccc(Cl)cc2)c(=O)[nH]c(=O)n1Cc1ccccc1. The van der Waals surface area contributed by atoms with Crippen LogP contribution in [0.3, 0.4) is 0 Å². The normalized spacial score (nSPS) is 10.7. The summed E-state index contributed by atoms with van der Waals surface area (Å²) in [6.07, 6.45) is 0.0285. The number of H-pyrrole nitrogens is 1. The van der Waals surface area contributed by atoms with Crippen LogP contribution in [0.15, 0.2) is 94.5 Å². The quantitative estimate of drug-likeness (QED) is 0.427. The molecule has 0 aliphatic carbocycles. The summed E-state index contributed by atoms with van der Waals surface area (Å²) in [5.74, 6) is -0.411. The number of rotatable bonds is 7. The number of nitrogens with one attached hydrogen (secondary N) is 1. The summed E-state index contributed by atoms with van der Waals surface area (Å²) < 4.78 is 1.26. The van der Waals surface area contributed by atoms with Crippen LogP contribution in [0.1, 0.15) is 16.7 Å². The maximum absolute atomic E-state index is 13.5. The highest BCUT2D eigenvalue weighted by Crippen LogP contribution is 2.22. The molecule has 1 heterocycles. The first-order valence-electron chi connectivity index (χ1n) is 10.7. The molecule has 4 aromatic rings. The van der Waals surface area contributed by atoms with Gasteiger partial charge in [-0.1, -0.05) is 84.4 Å². The van der Waals surface area contributed by atoms with E-state index in [9.17, 15) is 14.4 Å². The number of nitrogen functional groups attached to an aromatic ring is 1. The summed E-state index contributed by atoms with van der Waals surface area (Å²) in [4.78, 5) is 42.7. The molecule has 0 spiro atoms. The number of aromatic nitrogens is 2. The number of benzene rings is 3. The first kappa shape index (κ1) is 23.1. The molecule has 0 radical (unpaired) electrons. The van der Waals surface area contributed by atoms with Gasteiger partial charge in [-0.15, -0.1) is 0 Å². The van der Waals surface area contributed by atoms with E-state index in [0.717, 1.165) is 16.7 Å². The third kappa shape index (κ3) is 5.27. The van der Waals surface area contributed by atoms with Crippen molar-refractivity contribution in [2.24, 2.45) is 0 Å². The lowest BCUT2D eigenvalue weighted by Crippen LogP contribution is -2.41. The number of nitrogens with zero attached hydrogens (tertiary/aromatic N) is 2. The summed E-state index contributed by atoms with van der Waals surface area (Å²) >= 11 is 5.96. The maximum Gasteiger partial charge on any atom is 0.330 e. The summed E-state index contributed by atoms with van der Waals surface area (Å²) in [5.41, 5.74) is 7.34. The van der Waals surface area contributed by atoms with Gasteiger partial charge < -0.3 is 5.73 Å². The number of aromatic amines is 1. The fourth-order valence-corrected chi connectivity index (χ4v) is 3.82. The van der Waals surface area contributed by atoms with Crippen molar-refractivity contribution in [3.05, 3.63) is 127 Å². The molecular weight excluding hydrogens is 452 g/mol. The number of halogens is 1. The minimum Gasteiger partial charge on any atom is -0.383 e. The van der Waals surface area contributed by atoms with Crippen LogP contribution in [-0.2, 0) is 24.3 Å². The number of amides is 1. The Labute approximate surface area is 201 Å². The van der Waals surface area contributed by atoms with Crippen LogP contribution in [0.5, 0.6) is 0 Å². The van der Waals surface area contributed by atoms with E-state index in [4.69, 9.17) is 17.3 Å². The number of carbonyl (C=O) groups is 1. The van der Waals surface area contributed by atoms with Gasteiger partial charge >= 0.3 is 5.69 Å². The van der Waals surface area contributed by atoms with Crippen LogP contribution in [0.2, 0.25) is 5.02 Å². The van der Waals surface area contributed by atoms with Gasteiger partial charge in [0.25, 0.3) is 5.56 Å². The molecule has 4 rings (SSSR count). The average Bonchev–Trinajstić information content (AvgIpc) is 2.84. The van der Waals surface area contributed by atoms with E-state index in [1.807, 2.05) is 60.7 Å². The molecule has 0 unspecified atom stereocenters. The Bertz CT molecular complexity index is 1400. The molecule has 34 heavy (non-hydrogen) atoms. The molecule has 0 bridgehead atoms. The van der Waals surface area contributed by atoms with Crippen LogP contribution in [0, 0.1) is 0 Å². The molecule has 1 aromatic heterocycles. The third-order valence-corrected chi connectivity index (χ3v) is 5.67. The van der Waals surface area contributed by atoms with Crippen molar-refractivity contribution in [3.8, 4) is 0 Å². The molecule has 0 fully saturated rings. The number of carbonyl (C=O) groups excluding carboxylic acids is 1. The Balaban J connectivity index is 1.77. The lowest BCUT2D eigenvalue weighted by Gasteiger charge is -2.25. The first-order chi connectivity index (χ1) is 16.4. The lowest BCUT2D eigenvalue weighted by atomic mass is 10.1. The van der Waals surface area contributed by atoms with Gasteiger partial charge in [0.2, 0.25) is 5.91 Å². The van der Waals surface area contributed by atoms with E-state index in [0.29, 0.717) is 5.02 Å². The van der Waals surface area contributed by atoms with Gasteiger partial charge in [-0.05, 0) is 28.8 Å². The third-order valence-electron chi connectivity index (χ3n) is 5.42. The monoisotopic (exact) mass is 474 g/mol. The average molecular weight is 475 g/mol. The van der Waals surface area contributed by atoms with Crippen molar-refractivity contribution in [2.45, 2.75) is 19.5 Å². The van der Waals surface area contributed by atoms with Crippen LogP contribution in [0.4, 0.5) is 11.5 Å². The molecule has 1 amide bonds. The van der Waals surface area contributed by atoms with E-state index in [1.54, 1.807) is 24.3 Å². The maximum atomic E-state index is 13.5. The molecular formula is C26H23ClN4O3. The number of hydrogen-bond acceptors (Lipinski definition) is 4. The second-order valence-electron chi connectivity index (χ2n) is 7.83. The van der Waals surface area contributed by atoms with Gasteiger partial charge in [-0.25, -0.2) is 4.79 Å². The van der Waals surface area contributed by atoms with E-state index in [1.165, 1.54) is 9.47 Å². The molecule has 0 saturated heterocycles. The fourth-order valence-electron chi connectivity index (χ4n) is 3.69. The molecule has 3 aromatic carbocycles. The van der Waals surface area contributed by atoms with Crippen molar-refractivity contribution in [2.75, 3.05) is 10.6 Å². The van der Waals surface area contributed by atoms with Crippen LogP contribution in [-0.4, -0.2) is 15.5 Å². The second kappa shape index (κ2) is 10.2. The van der Waals surface area contributed by atoms with Crippen LogP contribution in [0.25, 0.3) is 0 Å². The molecule has 0 aliphatic rings. The van der Waals surface area contributed by atoms with Crippen molar-refractivity contribution in [1.82, 2.24) is 9.55 Å². The molecule has 0 atom stereocenters. The highest BCUT2D eigenvalue weighted by Gasteiger charge is 2.25. The van der Waals surface area contributed by atoms with Crippen molar-refractivity contribution < 1.29 is 4.79 Å². The minimum absolute atomic E-state index is 0.0285. The van der Waals surface area contributed by atoms with Gasteiger partial charge in [0, 0.05) is 5.02 Å². The van der Waals surface area contributed by atoms with Crippen molar-refractivity contribution in [1.29, 1.82) is 0 Å². The molecule has 3 N–H and O–H groups in total. The van der Waals surface area contributed by atoms with Gasteiger partial charge in [-0.3, -0.25) is 24.0 Å². The Morgan fingerprint density at radius 3 is 2.06 bits per heavy atom. The van der Waals surface area contributed by atoms with Crippen LogP contribution >= 0.6 is 11.6 Å². The summed E-state index contributed by atoms with van der Waals surface area (Å²) in [6.45, 7) is 0.268. The van der Waals surface area contributed by atoms with Crippen molar-refractivity contribution in [3.63, 3.8) is 0 Å². The fraction of sp³-hybridized carbons (Fsp3) is 0.115. The van der Waals surface area contributed by atoms with E-state index in [-0.39, 0.29) is 36.9 Å². The first-order valence-corrected chi connectivity index (χ1v) is 11.1. The standard InChI is InChI=1S/C26H23ClN4O3/c27-21-13-11-18(12-14-21)15-22(32)30(16-19-7-3-1-4-8-19)23-24(28)31(26(34)29-25(23)33)17-20-9-5-2-6-10-20/h1-14H,15-17,28H2,(H,29,33,34). The minimum atomic E-state index is -0.716. The highest BCUT2D eigenvalue weighted by molar-refractivity contribution is 6.30. The Kier molecular flexibility index (Phi) is 6.94. The number of nitrogens with two attached hydrogens (primary N) is 1. The predicted molar refractivity (Wildman–Crippen MR) is 134 cm³/mol. The van der Waals surface area contributed by atoms with Gasteiger partial charge in [0.1, 0.15) is 5.82 Å². The predicted octanol–water partition coefficient (Wildman–Crippen LogP) is 3.60. The number of hydrogen-bond donors (Lipinski definition) is 2. The highest BCUT2D eigenvalue weighted by atomic mass is 35.5. The largest absolute Gasteiger partial charge is 0.383 e. The smallest absolute Gasteiger partial charge is 0.330 e. The van der Waals surface area contributed by atoms with E-state index >= 15 is 0 Å². The van der Waals surface area contributed by atoms with Crippen molar-refractivity contribution >= 4 is 29.0 Å². The zero-order chi connectivity index (χ0) is 24.1. The van der Waals surface area contributed by atoms with Gasteiger partial charge in [0.05, 0.1) is 19.5 Å². The van der Waals surface area contributed by atoms with E-state index in [2.05, 4.69) is 4.98 Å². The lowest BCUT2D eigenvalue weighted by molar-refractivity contribution is -0.118. The summed E-state index contributed by atoms with van der Waals surface area (Å²) in [7, 11) is 0. The van der Waals surface area contributed by atoms with E-state index < -0.39 is 11.2 Å². The molecule has 8 heteroatoms. The summed E-state index contributed by atoms with van der Waals surface area (Å²) in [5, 5.41) is 0.561. The molecule has 172 valence electrons. The summed E-state index contributed by atoms with van der Waals surface area (Å²) in [6, 6.07) is 25.4. The second-order valence-corrected chi connectivity index (χ2v) is 8.27. The zero-order valence-electron chi connectivity index (χ0n) is 18.3. The number of anilines is 2. The molecule has 7 nitrogen and oxygen atoms in total. The van der Waals surface area contributed by atoms with Gasteiger partial charge in [-0.2, -0.15) is 0 Å². The zero-order valence-corrected chi connectivity index (χ0v) is 19.0. The van der Waals surface area contributed by atoms with Crippen LogP contribution < -0.4 is 21.9 Å². The molecule has 0 saturated carbocycles. The Morgan fingerprint density at radius 2 is 1.44 bits per heavy atom.